The number of carbonyl (C=O) groups is 1. The van der Waals surface area contributed by atoms with E-state index >= 15 is 0 Å². The van der Waals surface area contributed by atoms with Gasteiger partial charge in [-0.2, -0.15) is 0 Å². The summed E-state index contributed by atoms with van der Waals surface area (Å²) in [6.07, 6.45) is 6.97. The van der Waals surface area contributed by atoms with Crippen LogP contribution in [0.3, 0.4) is 0 Å². The van der Waals surface area contributed by atoms with Gasteiger partial charge in [0, 0.05) is 12.3 Å². The third kappa shape index (κ3) is 2.82. The molecule has 3 nitrogen and oxygen atoms in total. The molecule has 1 spiro atoms. The Morgan fingerprint density at radius 1 is 1.16 bits per heavy atom. The Bertz CT molecular complexity index is 400. The molecule has 0 amide bonds. The fourth-order valence-corrected chi connectivity index (χ4v) is 3.28. The summed E-state index contributed by atoms with van der Waals surface area (Å²) in [5, 5.41) is 0. The minimum absolute atomic E-state index is 0.318. The third-order valence-electron chi connectivity index (χ3n) is 4.60. The molecule has 1 aliphatic heterocycles. The summed E-state index contributed by atoms with van der Waals surface area (Å²) in [6, 6.07) is 0. The summed E-state index contributed by atoms with van der Waals surface area (Å²) in [7, 11) is 0. The zero-order valence-corrected chi connectivity index (χ0v) is 12.2. The van der Waals surface area contributed by atoms with E-state index in [1.54, 1.807) is 6.08 Å². The summed E-state index contributed by atoms with van der Waals surface area (Å²) < 4.78 is 11.9. The molecule has 19 heavy (non-hydrogen) atoms. The smallest absolute Gasteiger partial charge is 0.174 e. The standard InChI is InChI=1S/C16H24O3/c1-12(7-9-17)13(2)14(3)15-6-4-5-8-16(15)18-10-11-19-16/h7,9,15H,4-6,8,10-11H2,1-3H3/b12-7+,14-13+. The molecule has 0 aromatic carbocycles. The van der Waals surface area contributed by atoms with Crippen molar-refractivity contribution in [1.29, 1.82) is 0 Å². The van der Waals surface area contributed by atoms with Crippen LogP contribution in [-0.2, 0) is 14.3 Å². The van der Waals surface area contributed by atoms with Gasteiger partial charge in [-0.15, -0.1) is 0 Å². The van der Waals surface area contributed by atoms with Gasteiger partial charge in [0.25, 0.3) is 0 Å². The number of rotatable bonds is 3. The Kier molecular flexibility index (Phi) is 4.58. The van der Waals surface area contributed by atoms with Gasteiger partial charge in [0.1, 0.15) is 6.29 Å². The van der Waals surface area contributed by atoms with Crippen LogP contribution in [0.4, 0.5) is 0 Å². The molecular formula is C16H24O3. The molecule has 1 atom stereocenters. The van der Waals surface area contributed by atoms with Gasteiger partial charge in [0.2, 0.25) is 0 Å². The van der Waals surface area contributed by atoms with Crippen LogP contribution in [0, 0.1) is 5.92 Å². The van der Waals surface area contributed by atoms with Crippen molar-refractivity contribution in [3.05, 3.63) is 22.8 Å². The minimum atomic E-state index is -0.398. The molecule has 0 aromatic heterocycles. The Balaban J connectivity index is 2.29. The van der Waals surface area contributed by atoms with Crippen LogP contribution in [0.2, 0.25) is 0 Å². The zero-order valence-electron chi connectivity index (χ0n) is 12.2. The van der Waals surface area contributed by atoms with E-state index < -0.39 is 5.79 Å². The Labute approximate surface area is 115 Å². The highest BCUT2D eigenvalue weighted by Gasteiger charge is 2.46. The van der Waals surface area contributed by atoms with Crippen LogP contribution < -0.4 is 0 Å². The number of aldehydes is 1. The molecule has 0 aromatic rings. The van der Waals surface area contributed by atoms with E-state index in [1.165, 1.54) is 24.0 Å². The van der Waals surface area contributed by atoms with E-state index in [2.05, 4.69) is 13.8 Å². The largest absolute Gasteiger partial charge is 0.347 e. The maximum Gasteiger partial charge on any atom is 0.174 e. The Morgan fingerprint density at radius 3 is 2.47 bits per heavy atom. The van der Waals surface area contributed by atoms with Crippen LogP contribution in [0.15, 0.2) is 22.8 Å². The number of allylic oxidation sites excluding steroid dienone is 3. The molecule has 1 saturated heterocycles. The summed E-state index contributed by atoms with van der Waals surface area (Å²) in [5.41, 5.74) is 3.53. The lowest BCUT2D eigenvalue weighted by molar-refractivity contribution is -0.203. The van der Waals surface area contributed by atoms with E-state index in [9.17, 15) is 4.79 Å². The van der Waals surface area contributed by atoms with Gasteiger partial charge in [0.05, 0.1) is 13.2 Å². The quantitative estimate of drug-likeness (QED) is 0.445. The van der Waals surface area contributed by atoms with Crippen molar-refractivity contribution in [2.45, 2.75) is 52.2 Å². The zero-order chi connectivity index (χ0) is 13.9. The van der Waals surface area contributed by atoms with E-state index in [-0.39, 0.29) is 0 Å². The average Bonchev–Trinajstić information content (AvgIpc) is 2.87. The van der Waals surface area contributed by atoms with Crippen molar-refractivity contribution < 1.29 is 14.3 Å². The van der Waals surface area contributed by atoms with Gasteiger partial charge in [-0.05, 0) is 50.8 Å². The van der Waals surface area contributed by atoms with E-state index in [0.717, 1.165) is 24.7 Å². The van der Waals surface area contributed by atoms with Crippen molar-refractivity contribution in [3.8, 4) is 0 Å². The second-order valence-electron chi connectivity index (χ2n) is 5.60. The molecule has 0 radical (unpaired) electrons. The van der Waals surface area contributed by atoms with Gasteiger partial charge < -0.3 is 9.47 Å². The molecule has 0 bridgehead atoms. The van der Waals surface area contributed by atoms with Crippen LogP contribution >= 0.6 is 0 Å². The number of hydrogen-bond acceptors (Lipinski definition) is 3. The Morgan fingerprint density at radius 2 is 1.84 bits per heavy atom. The van der Waals surface area contributed by atoms with Crippen LogP contribution in [0.25, 0.3) is 0 Å². The van der Waals surface area contributed by atoms with Gasteiger partial charge in [-0.25, -0.2) is 0 Å². The van der Waals surface area contributed by atoms with Crippen molar-refractivity contribution in [2.75, 3.05) is 13.2 Å². The predicted octanol–water partition coefficient (Wildman–Crippen LogP) is 3.40. The van der Waals surface area contributed by atoms with Crippen LogP contribution in [0.1, 0.15) is 46.5 Å². The summed E-state index contributed by atoms with van der Waals surface area (Å²) in [5.74, 6) is -0.0795. The lowest BCUT2D eigenvalue weighted by Crippen LogP contribution is -2.42. The molecule has 0 N–H and O–H groups in total. The topological polar surface area (TPSA) is 35.5 Å². The predicted molar refractivity (Wildman–Crippen MR) is 74.8 cm³/mol. The first-order chi connectivity index (χ1) is 9.10. The molecule has 1 heterocycles. The fraction of sp³-hybridized carbons (Fsp3) is 0.688. The highest BCUT2D eigenvalue weighted by atomic mass is 16.7. The molecular weight excluding hydrogens is 240 g/mol. The first kappa shape index (κ1) is 14.5. The van der Waals surface area contributed by atoms with Crippen molar-refractivity contribution in [3.63, 3.8) is 0 Å². The second kappa shape index (κ2) is 6.02. The average molecular weight is 264 g/mol. The number of carbonyl (C=O) groups excluding carboxylic acids is 1. The molecule has 3 heteroatoms. The Hall–Kier alpha value is -0.930. The highest BCUT2D eigenvalue weighted by Crippen LogP contribution is 2.45. The SMILES string of the molecule is CC(=C\C=O)/C(C)=C(\C)C1CCCCC12OCCO2. The van der Waals surface area contributed by atoms with Gasteiger partial charge in [-0.3, -0.25) is 4.79 Å². The summed E-state index contributed by atoms with van der Waals surface area (Å²) in [4.78, 5) is 10.6. The van der Waals surface area contributed by atoms with Crippen LogP contribution in [0.5, 0.6) is 0 Å². The maximum absolute atomic E-state index is 10.6. The van der Waals surface area contributed by atoms with E-state index in [4.69, 9.17) is 9.47 Å². The molecule has 1 unspecified atom stereocenters. The van der Waals surface area contributed by atoms with Crippen molar-refractivity contribution in [2.24, 2.45) is 5.92 Å². The van der Waals surface area contributed by atoms with E-state index in [1.807, 2.05) is 6.92 Å². The van der Waals surface area contributed by atoms with Gasteiger partial charge in [-0.1, -0.05) is 12.0 Å². The lowest BCUT2D eigenvalue weighted by atomic mass is 9.77. The lowest BCUT2D eigenvalue weighted by Gasteiger charge is -2.40. The molecule has 1 saturated carbocycles. The molecule has 106 valence electrons. The molecule has 2 rings (SSSR count). The highest BCUT2D eigenvalue weighted by molar-refractivity contribution is 5.67. The number of ether oxygens (including phenoxy) is 2. The van der Waals surface area contributed by atoms with Crippen LogP contribution in [-0.4, -0.2) is 25.3 Å². The minimum Gasteiger partial charge on any atom is -0.347 e. The fourth-order valence-electron chi connectivity index (χ4n) is 3.28. The van der Waals surface area contributed by atoms with Gasteiger partial charge in [0.15, 0.2) is 5.79 Å². The third-order valence-corrected chi connectivity index (χ3v) is 4.60. The number of hydrogen-bond donors (Lipinski definition) is 0. The molecule has 1 aliphatic carbocycles. The van der Waals surface area contributed by atoms with Gasteiger partial charge >= 0.3 is 0 Å². The maximum atomic E-state index is 10.6. The summed E-state index contributed by atoms with van der Waals surface area (Å²) >= 11 is 0. The molecule has 2 fully saturated rings. The second-order valence-corrected chi connectivity index (χ2v) is 5.60. The first-order valence-electron chi connectivity index (χ1n) is 7.18. The monoisotopic (exact) mass is 264 g/mol. The molecule has 2 aliphatic rings. The van der Waals surface area contributed by atoms with Crippen molar-refractivity contribution >= 4 is 6.29 Å². The first-order valence-corrected chi connectivity index (χ1v) is 7.18. The van der Waals surface area contributed by atoms with Crippen molar-refractivity contribution in [1.82, 2.24) is 0 Å². The normalized spacial score (nSPS) is 28.4. The van der Waals surface area contributed by atoms with E-state index in [0.29, 0.717) is 19.1 Å². The summed E-state index contributed by atoms with van der Waals surface area (Å²) in [6.45, 7) is 7.62.